The van der Waals surface area contributed by atoms with Gasteiger partial charge >= 0.3 is 6.09 Å². The fourth-order valence-corrected chi connectivity index (χ4v) is 4.74. The Hall–Kier alpha value is -3.79. The smallest absolute Gasteiger partial charge is 0.408 e. The van der Waals surface area contributed by atoms with Crippen molar-refractivity contribution in [2.75, 3.05) is 6.54 Å². The molecule has 222 valence electrons. The molecule has 0 saturated heterocycles. The monoisotopic (exact) mass is 561 g/mol. The van der Waals surface area contributed by atoms with Gasteiger partial charge in [0.2, 0.25) is 11.8 Å². The second-order valence-electron chi connectivity index (χ2n) is 11.5. The number of carbonyl (C=O) groups is 3. The average Bonchev–Trinajstić information content (AvgIpc) is 2.91. The predicted molar refractivity (Wildman–Crippen MR) is 164 cm³/mol. The number of amides is 3. The van der Waals surface area contributed by atoms with Crippen molar-refractivity contribution in [1.82, 2.24) is 15.5 Å². The molecular weight excluding hydrogens is 514 g/mol. The quantitative estimate of drug-likeness (QED) is 0.213. The molecule has 0 aliphatic heterocycles. The summed E-state index contributed by atoms with van der Waals surface area (Å²) in [6.45, 7) is 11.7. The first-order valence-corrected chi connectivity index (χ1v) is 14.7. The first-order chi connectivity index (χ1) is 19.5. The molecule has 2 aromatic carbocycles. The number of nitrogens with one attached hydrogen (secondary N) is 2. The Morgan fingerprint density at radius 3 is 2.22 bits per heavy atom. The summed E-state index contributed by atoms with van der Waals surface area (Å²) < 4.78 is 5.52. The fraction of sp³-hybridized carbons (Fsp3) is 0.500. The summed E-state index contributed by atoms with van der Waals surface area (Å²) in [5.41, 5.74) is 1.26. The van der Waals surface area contributed by atoms with Crippen LogP contribution in [-0.2, 0) is 20.7 Å². The van der Waals surface area contributed by atoms with Crippen LogP contribution in [0, 0.1) is 12.3 Å². The van der Waals surface area contributed by atoms with Crippen LogP contribution in [0.25, 0.3) is 0 Å². The molecule has 3 unspecified atom stereocenters. The highest BCUT2D eigenvalue weighted by Gasteiger charge is 2.37. The van der Waals surface area contributed by atoms with E-state index in [1.165, 1.54) is 0 Å². The number of rotatable bonds is 14. The topological polar surface area (TPSA) is 87.7 Å². The van der Waals surface area contributed by atoms with Gasteiger partial charge in [0, 0.05) is 24.6 Å². The molecule has 3 atom stereocenters. The molecule has 0 aliphatic carbocycles. The molecule has 0 aliphatic rings. The highest BCUT2D eigenvalue weighted by Crippen LogP contribution is 2.27. The van der Waals surface area contributed by atoms with Crippen LogP contribution in [0.5, 0.6) is 0 Å². The molecule has 0 radical (unpaired) electrons. The van der Waals surface area contributed by atoms with Crippen LogP contribution in [0.1, 0.15) is 96.4 Å². The summed E-state index contributed by atoms with van der Waals surface area (Å²) in [5, 5.41) is 5.91. The van der Waals surface area contributed by atoms with Gasteiger partial charge in [0.05, 0.1) is 0 Å². The number of nitrogens with zero attached hydrogens (tertiary/aromatic N) is 1. The van der Waals surface area contributed by atoms with Crippen molar-refractivity contribution in [3.8, 4) is 12.3 Å². The molecular formula is C34H47N3O4. The molecule has 2 N–H and O–H groups in total. The Bertz CT molecular complexity index is 1170. The zero-order chi connectivity index (χ0) is 30.4. The number of alkyl carbamates (subject to hydrolysis) is 1. The van der Waals surface area contributed by atoms with Crippen molar-refractivity contribution < 1.29 is 19.1 Å². The summed E-state index contributed by atoms with van der Waals surface area (Å²) in [7, 11) is 0. The Balaban J connectivity index is 2.61. The van der Waals surface area contributed by atoms with Crippen LogP contribution in [-0.4, -0.2) is 47.0 Å². The van der Waals surface area contributed by atoms with E-state index in [1.807, 2.05) is 49.4 Å². The lowest BCUT2D eigenvalue weighted by Crippen LogP contribution is -2.54. The second kappa shape index (κ2) is 16.5. The van der Waals surface area contributed by atoms with Gasteiger partial charge in [0.15, 0.2) is 0 Å². The third kappa shape index (κ3) is 11.0. The highest BCUT2D eigenvalue weighted by atomic mass is 16.6. The van der Waals surface area contributed by atoms with Crippen molar-refractivity contribution in [1.29, 1.82) is 0 Å². The van der Waals surface area contributed by atoms with Gasteiger partial charge in [0.1, 0.15) is 17.7 Å². The van der Waals surface area contributed by atoms with Crippen LogP contribution in [0.4, 0.5) is 4.79 Å². The molecule has 0 heterocycles. The molecule has 0 aromatic heterocycles. The van der Waals surface area contributed by atoms with Crippen molar-refractivity contribution in [3.05, 3.63) is 71.3 Å². The standard InChI is InChI=1S/C34H47N3O4/c1-8-11-17-23-37(30(31(38)35-25(4)18-9-2)28-22-16-15-21-27(28)10-3)32(39)29(24-26-19-13-12-14-20-26)36-33(40)41-34(5,6)7/h3,12-16,19-22,25,29-30H,8-9,11,17-18,23-24H2,1-2,4-7H3,(H,35,38)(H,36,40). The van der Waals surface area contributed by atoms with Crippen LogP contribution < -0.4 is 10.6 Å². The van der Waals surface area contributed by atoms with Crippen molar-refractivity contribution in [2.24, 2.45) is 0 Å². The summed E-state index contributed by atoms with van der Waals surface area (Å²) in [4.78, 5) is 43.0. The van der Waals surface area contributed by atoms with Gasteiger partial charge in [-0.25, -0.2) is 4.79 Å². The van der Waals surface area contributed by atoms with Crippen LogP contribution in [0.3, 0.4) is 0 Å². The number of benzene rings is 2. The molecule has 0 spiro atoms. The Morgan fingerprint density at radius 2 is 1.61 bits per heavy atom. The van der Waals surface area contributed by atoms with E-state index >= 15 is 0 Å². The lowest BCUT2D eigenvalue weighted by Gasteiger charge is -2.35. The summed E-state index contributed by atoms with van der Waals surface area (Å²) in [5.74, 6) is 2.02. The lowest BCUT2D eigenvalue weighted by molar-refractivity contribution is -0.142. The third-order valence-corrected chi connectivity index (χ3v) is 6.64. The van der Waals surface area contributed by atoms with E-state index < -0.39 is 23.8 Å². The van der Waals surface area contributed by atoms with Gasteiger partial charge in [0.25, 0.3) is 0 Å². The van der Waals surface area contributed by atoms with Crippen LogP contribution >= 0.6 is 0 Å². The zero-order valence-corrected chi connectivity index (χ0v) is 25.5. The average molecular weight is 562 g/mol. The van der Waals surface area contributed by atoms with Crippen molar-refractivity contribution in [2.45, 2.75) is 104 Å². The van der Waals surface area contributed by atoms with Gasteiger partial charge in [-0.05, 0) is 57.7 Å². The number of carbonyl (C=O) groups excluding carboxylic acids is 3. The van der Waals surface area contributed by atoms with E-state index in [4.69, 9.17) is 11.2 Å². The Morgan fingerprint density at radius 1 is 0.951 bits per heavy atom. The van der Waals surface area contributed by atoms with E-state index in [1.54, 1.807) is 37.8 Å². The van der Waals surface area contributed by atoms with Gasteiger partial charge in [-0.1, -0.05) is 87.6 Å². The first-order valence-electron chi connectivity index (χ1n) is 14.7. The number of hydrogen-bond donors (Lipinski definition) is 2. The van der Waals surface area contributed by atoms with Gasteiger partial charge in [-0.2, -0.15) is 0 Å². The second-order valence-corrected chi connectivity index (χ2v) is 11.5. The van der Waals surface area contributed by atoms with Crippen LogP contribution in [0.2, 0.25) is 0 Å². The lowest BCUT2D eigenvalue weighted by atomic mass is 9.96. The molecule has 2 aromatic rings. The Kier molecular flexibility index (Phi) is 13.4. The third-order valence-electron chi connectivity index (χ3n) is 6.64. The highest BCUT2D eigenvalue weighted by molar-refractivity contribution is 5.92. The molecule has 0 saturated carbocycles. The summed E-state index contributed by atoms with van der Waals surface area (Å²) >= 11 is 0. The first kappa shape index (κ1) is 33.4. The zero-order valence-electron chi connectivity index (χ0n) is 25.5. The van der Waals surface area contributed by atoms with Crippen LogP contribution in [0.15, 0.2) is 54.6 Å². The minimum Gasteiger partial charge on any atom is -0.444 e. The van der Waals surface area contributed by atoms with E-state index in [0.717, 1.165) is 31.2 Å². The fourth-order valence-electron chi connectivity index (χ4n) is 4.74. The number of terminal acetylenes is 1. The normalized spacial score (nSPS) is 13.3. The van der Waals surface area contributed by atoms with Gasteiger partial charge < -0.3 is 20.3 Å². The molecule has 3 amide bonds. The molecule has 0 bridgehead atoms. The SMILES string of the molecule is C#Cc1ccccc1C(C(=O)NC(C)CCC)N(CCCCC)C(=O)C(Cc1ccccc1)NC(=O)OC(C)(C)C. The largest absolute Gasteiger partial charge is 0.444 e. The molecule has 7 heteroatoms. The number of unbranched alkanes of at least 4 members (excludes halogenated alkanes) is 2. The molecule has 7 nitrogen and oxygen atoms in total. The van der Waals surface area contributed by atoms with Gasteiger partial charge in [-0.3, -0.25) is 9.59 Å². The van der Waals surface area contributed by atoms with Crippen molar-refractivity contribution in [3.63, 3.8) is 0 Å². The minimum atomic E-state index is -0.968. The molecule has 0 fully saturated rings. The van der Waals surface area contributed by atoms with E-state index in [0.29, 0.717) is 24.1 Å². The predicted octanol–water partition coefficient (Wildman–Crippen LogP) is 6.17. The van der Waals surface area contributed by atoms with Crippen molar-refractivity contribution >= 4 is 17.9 Å². The van der Waals surface area contributed by atoms with E-state index in [2.05, 4.69) is 30.4 Å². The summed E-state index contributed by atoms with van der Waals surface area (Å²) in [6.07, 6.45) is 9.63. The maximum atomic E-state index is 14.5. The molecule has 2 rings (SSSR count). The number of hydrogen-bond acceptors (Lipinski definition) is 4. The van der Waals surface area contributed by atoms with E-state index in [9.17, 15) is 14.4 Å². The number of ether oxygens (including phenoxy) is 1. The Labute approximate surface area is 246 Å². The maximum Gasteiger partial charge on any atom is 0.408 e. The molecule has 41 heavy (non-hydrogen) atoms. The summed E-state index contributed by atoms with van der Waals surface area (Å²) in [6, 6.07) is 14.7. The minimum absolute atomic E-state index is 0.0828. The van der Waals surface area contributed by atoms with E-state index in [-0.39, 0.29) is 24.3 Å². The van der Waals surface area contributed by atoms with Gasteiger partial charge in [-0.15, -0.1) is 6.42 Å². The maximum absolute atomic E-state index is 14.5.